The normalized spacial score (nSPS) is 5.55. The van der Waals surface area contributed by atoms with Crippen LogP contribution in [-0.4, -0.2) is 0 Å². The van der Waals surface area contributed by atoms with E-state index in [1.54, 1.807) is 0 Å². The summed E-state index contributed by atoms with van der Waals surface area (Å²) in [5.41, 5.74) is 1.29. The minimum absolute atomic E-state index is 0. The molecule has 0 aromatic heterocycles. The Bertz CT molecular complexity index is 135. The summed E-state index contributed by atoms with van der Waals surface area (Å²) >= 11 is 0. The first kappa shape index (κ1) is 22.6. The van der Waals surface area contributed by atoms with Crippen LogP contribution in [0.5, 0.6) is 0 Å². The van der Waals surface area contributed by atoms with Gasteiger partial charge in [-0.1, -0.05) is 6.92 Å². The number of hydrogen-bond donors (Lipinski definition) is 0. The third-order valence-corrected chi connectivity index (χ3v) is 0.885. The molecule has 0 spiro atoms. The van der Waals surface area contributed by atoms with E-state index in [0.29, 0.717) is 0 Å². The third kappa shape index (κ3) is 10.6. The molecule has 1 heteroatoms. The van der Waals surface area contributed by atoms with Crippen molar-refractivity contribution >= 4 is 0 Å². The second-order valence-corrected chi connectivity index (χ2v) is 1.58. The average Bonchev–Trinajstić information content (AvgIpc) is 1.69. The molecular formula is C10H16Ce. The van der Waals surface area contributed by atoms with Crippen LogP contribution in [0.1, 0.15) is 5.56 Å². The van der Waals surface area contributed by atoms with Gasteiger partial charge < -0.3 is 22.3 Å². The van der Waals surface area contributed by atoms with Gasteiger partial charge in [-0.15, -0.1) is 0 Å². The van der Waals surface area contributed by atoms with Crippen LogP contribution >= 0.6 is 0 Å². The van der Waals surface area contributed by atoms with Gasteiger partial charge in [0.25, 0.3) is 0 Å². The van der Waals surface area contributed by atoms with Gasteiger partial charge in [-0.05, 0) is 0 Å². The molecule has 60 valence electrons. The molecule has 1 aromatic carbocycles. The maximum Gasteiger partial charge on any atom is 4.00 e. The smallest absolute Gasteiger partial charge is 0.358 e. The Morgan fingerprint density at radius 1 is 1.00 bits per heavy atom. The van der Waals surface area contributed by atoms with E-state index in [2.05, 4.69) is 13.0 Å². The first-order chi connectivity index (χ1) is 3.39. The molecule has 0 saturated carbocycles. The zero-order chi connectivity index (χ0) is 5.11. The van der Waals surface area contributed by atoms with E-state index in [4.69, 9.17) is 0 Å². The van der Waals surface area contributed by atoms with E-state index in [1.165, 1.54) is 5.56 Å². The molecule has 0 atom stereocenters. The van der Waals surface area contributed by atoms with E-state index < -0.39 is 0 Å². The van der Waals surface area contributed by atoms with Crippen molar-refractivity contribution in [1.82, 2.24) is 0 Å². The second kappa shape index (κ2) is 13.2. The van der Waals surface area contributed by atoms with E-state index in [-0.39, 0.29) is 64.0 Å². The summed E-state index contributed by atoms with van der Waals surface area (Å²) in [5.74, 6) is 0. The maximum atomic E-state index is 2.93. The van der Waals surface area contributed by atoms with Gasteiger partial charge in [-0.25, -0.2) is 0 Å². The summed E-state index contributed by atoms with van der Waals surface area (Å²) in [6.45, 7) is 2.06. The van der Waals surface area contributed by atoms with E-state index in [1.807, 2.05) is 24.3 Å². The summed E-state index contributed by atoms with van der Waals surface area (Å²) < 4.78 is 0. The molecule has 0 N–H and O–H groups in total. The quantitative estimate of drug-likeness (QED) is 0.639. The van der Waals surface area contributed by atoms with Crippen molar-refractivity contribution in [2.75, 3.05) is 0 Å². The van der Waals surface area contributed by atoms with Crippen LogP contribution in [0, 0.1) is 77.0 Å². The number of rotatable bonds is 0. The minimum Gasteiger partial charge on any atom is -0.358 e. The molecular weight excluding hydrogens is 260 g/mol. The van der Waals surface area contributed by atoms with Gasteiger partial charge in [-0.2, -0.15) is 35.9 Å². The molecule has 0 amide bonds. The molecule has 0 aliphatic heterocycles. The van der Waals surface area contributed by atoms with E-state index >= 15 is 0 Å². The first-order valence-corrected chi connectivity index (χ1v) is 2.32. The minimum atomic E-state index is 0. The Hall–Kier alpha value is 0.597. The fraction of sp³-hybridized carbons (Fsp3) is 0.100. The van der Waals surface area contributed by atoms with Crippen molar-refractivity contribution in [3.05, 3.63) is 58.2 Å². The van der Waals surface area contributed by atoms with Gasteiger partial charge in [0.2, 0.25) is 0 Å². The Balaban J connectivity index is -0.0000000612. The van der Waals surface area contributed by atoms with Crippen molar-refractivity contribution in [1.29, 1.82) is 0 Å². The zero-order valence-electron chi connectivity index (χ0n) is 7.81. The monoisotopic (exact) mass is 276 g/mol. The fourth-order valence-electron chi connectivity index (χ4n) is 0.470. The molecule has 0 radical (unpaired) electrons. The first-order valence-electron chi connectivity index (χ1n) is 2.32. The van der Waals surface area contributed by atoms with Gasteiger partial charge in [-0.3, -0.25) is 0 Å². The van der Waals surface area contributed by atoms with Crippen molar-refractivity contribution in [3.63, 3.8) is 0 Å². The molecule has 0 heterocycles. The molecule has 0 saturated heterocycles. The van der Waals surface area contributed by atoms with Crippen molar-refractivity contribution in [2.45, 2.75) is 6.92 Å². The molecule has 1 rings (SSSR count). The molecule has 0 aliphatic carbocycles. The van der Waals surface area contributed by atoms with Gasteiger partial charge >= 0.3 is 41.7 Å². The standard InChI is InChI=1S/C7H7.3CH3.Ce/c1-7-5-3-2-4-6-7;;;;/h3-6H,1H3;3*1H3;/q4*-1;+4. The van der Waals surface area contributed by atoms with Crippen molar-refractivity contribution in [2.24, 2.45) is 0 Å². The van der Waals surface area contributed by atoms with Crippen LogP contribution in [-0.2, 0) is 0 Å². The van der Waals surface area contributed by atoms with Gasteiger partial charge in [0, 0.05) is 0 Å². The topological polar surface area (TPSA) is 0 Å². The number of hydrogen-bond acceptors (Lipinski definition) is 0. The third-order valence-electron chi connectivity index (χ3n) is 0.885. The maximum absolute atomic E-state index is 2.93. The Morgan fingerprint density at radius 2 is 1.36 bits per heavy atom. The average molecular weight is 276 g/mol. The summed E-state index contributed by atoms with van der Waals surface area (Å²) in [6.07, 6.45) is 0. The zero-order valence-corrected chi connectivity index (χ0v) is 10.9. The Kier molecular flexibility index (Phi) is 27.1. The van der Waals surface area contributed by atoms with Gasteiger partial charge in [0.05, 0.1) is 0 Å². The van der Waals surface area contributed by atoms with Crippen molar-refractivity contribution in [3.8, 4) is 0 Å². The van der Waals surface area contributed by atoms with Crippen LogP contribution in [0.15, 0.2) is 24.3 Å². The fourth-order valence-corrected chi connectivity index (χ4v) is 0.470. The largest absolute Gasteiger partial charge is 4.00 e. The van der Waals surface area contributed by atoms with E-state index in [9.17, 15) is 0 Å². The number of benzene rings is 1. The molecule has 11 heavy (non-hydrogen) atoms. The van der Waals surface area contributed by atoms with Crippen LogP contribution in [0.2, 0.25) is 0 Å². The molecule has 1 aromatic rings. The predicted molar refractivity (Wildman–Crippen MR) is 49.3 cm³/mol. The van der Waals surface area contributed by atoms with Crippen LogP contribution < -0.4 is 0 Å². The van der Waals surface area contributed by atoms with Gasteiger partial charge in [0.1, 0.15) is 0 Å². The SMILES string of the molecule is Cc1cc[c-]cc1.[CH3-].[CH3-].[CH3-].[Ce+4]. The van der Waals surface area contributed by atoms with E-state index in [0.717, 1.165) is 0 Å². The Morgan fingerprint density at radius 3 is 1.55 bits per heavy atom. The van der Waals surface area contributed by atoms with Crippen LogP contribution in [0.3, 0.4) is 0 Å². The summed E-state index contributed by atoms with van der Waals surface area (Å²) in [4.78, 5) is 0. The summed E-state index contributed by atoms with van der Waals surface area (Å²) in [5, 5.41) is 0. The molecule has 0 nitrogen and oxygen atoms in total. The molecule has 0 fully saturated rings. The second-order valence-electron chi connectivity index (χ2n) is 1.58. The summed E-state index contributed by atoms with van der Waals surface area (Å²) in [6, 6.07) is 10.8. The number of aryl methyl sites for hydroxylation is 1. The molecule has 0 bridgehead atoms. The Labute approximate surface area is 106 Å². The van der Waals surface area contributed by atoms with Gasteiger partial charge in [0.15, 0.2) is 0 Å². The van der Waals surface area contributed by atoms with Crippen LogP contribution in [0.25, 0.3) is 0 Å². The van der Waals surface area contributed by atoms with Crippen molar-refractivity contribution < 1.29 is 41.7 Å². The van der Waals surface area contributed by atoms with Crippen LogP contribution in [0.4, 0.5) is 0 Å². The molecule has 0 unspecified atom stereocenters. The summed E-state index contributed by atoms with van der Waals surface area (Å²) in [7, 11) is 0. The predicted octanol–water partition coefficient (Wildman–Crippen LogP) is 3.15. The molecule has 0 aliphatic rings.